The largest absolute Gasteiger partial charge is 0.463 e. The molecule has 0 aliphatic carbocycles. The van der Waals surface area contributed by atoms with Gasteiger partial charge in [0.05, 0.1) is 6.61 Å². The summed E-state index contributed by atoms with van der Waals surface area (Å²) in [6.07, 6.45) is 3.17. The van der Waals surface area contributed by atoms with Crippen molar-refractivity contribution in [1.82, 2.24) is 0 Å². The van der Waals surface area contributed by atoms with Crippen molar-refractivity contribution in [2.24, 2.45) is 0 Å². The molecule has 0 aliphatic heterocycles. The summed E-state index contributed by atoms with van der Waals surface area (Å²) < 4.78 is 5.97. The summed E-state index contributed by atoms with van der Waals surface area (Å²) in [5.74, 6) is -0.504. The number of carbonyl (C=O) groups excluding carboxylic acids is 2. The third kappa shape index (κ3) is 4.78. The summed E-state index contributed by atoms with van der Waals surface area (Å²) in [5.41, 5.74) is 2.38. The van der Waals surface area contributed by atoms with Crippen molar-refractivity contribution in [1.29, 1.82) is 0 Å². The fourth-order valence-corrected chi connectivity index (χ4v) is 3.63. The van der Waals surface area contributed by atoms with Gasteiger partial charge < -0.3 is 15.0 Å². The van der Waals surface area contributed by atoms with Gasteiger partial charge in [0.15, 0.2) is 0 Å². The van der Waals surface area contributed by atoms with E-state index in [0.29, 0.717) is 12.2 Å². The molecule has 3 aromatic rings. The van der Waals surface area contributed by atoms with Gasteiger partial charge >= 0.3 is 5.97 Å². The van der Waals surface area contributed by atoms with Gasteiger partial charge in [-0.1, -0.05) is 0 Å². The maximum atomic E-state index is 12.5. The maximum Gasteiger partial charge on any atom is 0.330 e. The Labute approximate surface area is 168 Å². The van der Waals surface area contributed by atoms with E-state index < -0.39 is 0 Å². The van der Waals surface area contributed by atoms with Gasteiger partial charge in [0.1, 0.15) is 0 Å². The topological polar surface area (TPSA) is 58.6 Å². The van der Waals surface area contributed by atoms with Gasteiger partial charge in [-0.2, -0.15) is 0 Å². The third-order valence-electron chi connectivity index (χ3n) is 4.11. The molecule has 1 N–H and O–H groups in total. The molecule has 0 aliphatic rings. The fourth-order valence-electron chi connectivity index (χ4n) is 2.68. The van der Waals surface area contributed by atoms with Crippen molar-refractivity contribution < 1.29 is 14.3 Å². The summed E-state index contributed by atoms with van der Waals surface area (Å²) in [5, 5.41) is 3.94. The van der Waals surface area contributed by atoms with Gasteiger partial charge in [0.2, 0.25) is 0 Å². The minimum absolute atomic E-state index is 0.151. The Morgan fingerprint density at radius 3 is 2.54 bits per heavy atom. The van der Waals surface area contributed by atoms with Crippen LogP contribution < -0.4 is 10.2 Å². The standard InChI is InChI=1S/C22H22N2O3S/c1-4-27-21(25)12-10-19-14-16-13-17(7-11-20(16)28-19)23-22(26)15-5-8-18(9-6-15)24(2)3/h5-14H,4H2,1-3H3,(H,23,26)/b12-10+. The summed E-state index contributed by atoms with van der Waals surface area (Å²) in [7, 11) is 3.92. The van der Waals surface area contributed by atoms with Crippen molar-refractivity contribution >= 4 is 50.8 Å². The van der Waals surface area contributed by atoms with Crippen molar-refractivity contribution in [3.8, 4) is 0 Å². The van der Waals surface area contributed by atoms with E-state index in [1.165, 1.54) is 6.08 Å². The smallest absolute Gasteiger partial charge is 0.330 e. The van der Waals surface area contributed by atoms with Gasteiger partial charge in [-0.05, 0) is 66.9 Å². The minimum Gasteiger partial charge on any atom is -0.463 e. The fraction of sp³-hybridized carbons (Fsp3) is 0.182. The van der Waals surface area contributed by atoms with E-state index in [2.05, 4.69) is 5.32 Å². The SMILES string of the molecule is CCOC(=O)/C=C/c1cc2cc(NC(=O)c3ccc(N(C)C)cc3)ccc2s1. The van der Waals surface area contributed by atoms with Gasteiger partial charge in [-0.15, -0.1) is 11.3 Å². The number of nitrogens with one attached hydrogen (secondary N) is 1. The predicted molar refractivity (Wildman–Crippen MR) is 116 cm³/mol. The van der Waals surface area contributed by atoms with Crippen LogP contribution in [0.1, 0.15) is 22.2 Å². The first-order valence-corrected chi connectivity index (χ1v) is 9.75. The van der Waals surface area contributed by atoms with Crippen LogP contribution in [0.4, 0.5) is 11.4 Å². The van der Waals surface area contributed by atoms with Crippen LogP contribution >= 0.6 is 11.3 Å². The van der Waals surface area contributed by atoms with Crippen molar-refractivity contribution in [2.45, 2.75) is 6.92 Å². The number of nitrogens with zero attached hydrogens (tertiary/aromatic N) is 1. The molecular formula is C22H22N2O3S. The number of rotatable bonds is 6. The average Bonchev–Trinajstić information content (AvgIpc) is 3.09. The molecule has 0 fully saturated rings. The van der Waals surface area contributed by atoms with Gasteiger partial charge in [0, 0.05) is 46.7 Å². The number of benzene rings is 2. The molecule has 6 heteroatoms. The van der Waals surface area contributed by atoms with E-state index in [1.807, 2.05) is 67.5 Å². The minimum atomic E-state index is -0.354. The number of hydrogen-bond donors (Lipinski definition) is 1. The van der Waals surface area contributed by atoms with E-state index >= 15 is 0 Å². The number of thiophene rings is 1. The number of amides is 1. The Morgan fingerprint density at radius 1 is 1.11 bits per heavy atom. The molecule has 2 aromatic carbocycles. The summed E-state index contributed by atoms with van der Waals surface area (Å²) >= 11 is 1.57. The van der Waals surface area contributed by atoms with E-state index in [4.69, 9.17) is 4.74 Å². The molecule has 0 bridgehead atoms. The average molecular weight is 394 g/mol. The van der Waals surface area contributed by atoms with E-state index in [0.717, 1.165) is 26.3 Å². The zero-order valence-electron chi connectivity index (χ0n) is 16.1. The molecule has 3 rings (SSSR count). The Balaban J connectivity index is 1.73. The molecule has 28 heavy (non-hydrogen) atoms. The van der Waals surface area contributed by atoms with Crippen molar-refractivity contribution in [2.75, 3.05) is 30.9 Å². The Morgan fingerprint density at radius 2 is 1.86 bits per heavy atom. The maximum absolute atomic E-state index is 12.5. The lowest BCUT2D eigenvalue weighted by Gasteiger charge is -2.12. The molecule has 0 radical (unpaired) electrons. The Kier molecular flexibility index (Phi) is 6.11. The molecule has 0 unspecified atom stereocenters. The highest BCUT2D eigenvalue weighted by atomic mass is 32.1. The second kappa shape index (κ2) is 8.71. The number of esters is 1. The van der Waals surface area contributed by atoms with Crippen molar-refractivity contribution in [3.63, 3.8) is 0 Å². The predicted octanol–water partition coefficient (Wildman–Crippen LogP) is 4.80. The Bertz CT molecular complexity index is 1020. The second-order valence-corrected chi connectivity index (χ2v) is 7.50. The summed E-state index contributed by atoms with van der Waals surface area (Å²) in [4.78, 5) is 26.9. The van der Waals surface area contributed by atoms with Crippen LogP contribution in [0.5, 0.6) is 0 Å². The number of carbonyl (C=O) groups is 2. The van der Waals surface area contributed by atoms with Crippen LogP contribution in [0.2, 0.25) is 0 Å². The number of anilines is 2. The van der Waals surface area contributed by atoms with Crippen LogP contribution in [-0.2, 0) is 9.53 Å². The highest BCUT2D eigenvalue weighted by Crippen LogP contribution is 2.29. The molecular weight excluding hydrogens is 372 g/mol. The van der Waals surface area contributed by atoms with Crippen LogP contribution in [0.3, 0.4) is 0 Å². The zero-order chi connectivity index (χ0) is 20.1. The van der Waals surface area contributed by atoms with E-state index in [-0.39, 0.29) is 11.9 Å². The van der Waals surface area contributed by atoms with Crippen LogP contribution in [0, 0.1) is 0 Å². The first-order chi connectivity index (χ1) is 13.5. The van der Waals surface area contributed by atoms with E-state index in [9.17, 15) is 9.59 Å². The molecule has 0 saturated carbocycles. The Hall–Kier alpha value is -3.12. The summed E-state index contributed by atoms with van der Waals surface area (Å²) in [6.45, 7) is 2.13. The normalized spacial score (nSPS) is 11.0. The molecule has 5 nitrogen and oxygen atoms in total. The van der Waals surface area contributed by atoms with Crippen LogP contribution in [0.15, 0.2) is 54.6 Å². The van der Waals surface area contributed by atoms with Gasteiger partial charge in [0.25, 0.3) is 5.91 Å². The van der Waals surface area contributed by atoms with Crippen LogP contribution in [0.25, 0.3) is 16.2 Å². The monoisotopic (exact) mass is 394 g/mol. The van der Waals surface area contributed by atoms with Gasteiger partial charge in [-0.3, -0.25) is 4.79 Å². The third-order valence-corrected chi connectivity index (χ3v) is 5.19. The first-order valence-electron chi connectivity index (χ1n) is 8.93. The number of fused-ring (bicyclic) bond motifs is 1. The molecule has 1 amide bonds. The highest BCUT2D eigenvalue weighted by Gasteiger charge is 2.08. The number of ether oxygens (including phenoxy) is 1. The lowest BCUT2D eigenvalue weighted by molar-refractivity contribution is -0.137. The quantitative estimate of drug-likeness (QED) is 0.482. The summed E-state index contributed by atoms with van der Waals surface area (Å²) in [6, 6.07) is 15.2. The van der Waals surface area contributed by atoms with Crippen molar-refractivity contribution in [3.05, 3.63) is 65.0 Å². The zero-order valence-corrected chi connectivity index (χ0v) is 16.9. The molecule has 0 saturated heterocycles. The lowest BCUT2D eigenvalue weighted by Crippen LogP contribution is -2.13. The lowest BCUT2D eigenvalue weighted by atomic mass is 10.1. The first kappa shape index (κ1) is 19.6. The highest BCUT2D eigenvalue weighted by molar-refractivity contribution is 7.19. The molecule has 0 atom stereocenters. The van der Waals surface area contributed by atoms with Crippen LogP contribution in [-0.4, -0.2) is 32.6 Å². The molecule has 1 aromatic heterocycles. The van der Waals surface area contributed by atoms with E-state index in [1.54, 1.807) is 24.3 Å². The van der Waals surface area contributed by atoms with Gasteiger partial charge in [-0.25, -0.2) is 4.79 Å². The number of hydrogen-bond acceptors (Lipinski definition) is 5. The second-order valence-electron chi connectivity index (χ2n) is 6.38. The molecule has 144 valence electrons. The molecule has 1 heterocycles. The molecule has 0 spiro atoms.